The third-order valence-corrected chi connectivity index (χ3v) is 5.41. The van der Waals surface area contributed by atoms with Gasteiger partial charge >= 0.3 is 5.97 Å². The van der Waals surface area contributed by atoms with Crippen LogP contribution in [0.1, 0.15) is 53.4 Å². The second-order valence-electron chi connectivity index (χ2n) is 8.72. The lowest BCUT2D eigenvalue weighted by Crippen LogP contribution is -2.59. The minimum Gasteiger partial charge on any atom is -0.480 e. The molecular formula is C21H40N8O6. The summed E-state index contributed by atoms with van der Waals surface area (Å²) in [4.78, 5) is 64.9. The van der Waals surface area contributed by atoms with Crippen LogP contribution in [0.15, 0.2) is 4.99 Å². The van der Waals surface area contributed by atoms with Crippen LogP contribution in [0, 0.1) is 11.8 Å². The van der Waals surface area contributed by atoms with E-state index < -0.39 is 60.2 Å². The first kappa shape index (κ1) is 31.6. The van der Waals surface area contributed by atoms with Gasteiger partial charge in [0.15, 0.2) is 5.96 Å². The van der Waals surface area contributed by atoms with E-state index in [4.69, 9.17) is 22.9 Å². The topological polar surface area (TPSA) is 258 Å². The van der Waals surface area contributed by atoms with Crippen molar-refractivity contribution in [3.63, 3.8) is 0 Å². The zero-order valence-corrected chi connectivity index (χ0v) is 20.7. The summed E-state index contributed by atoms with van der Waals surface area (Å²) >= 11 is 0. The van der Waals surface area contributed by atoms with Gasteiger partial charge in [-0.1, -0.05) is 34.1 Å². The molecule has 14 nitrogen and oxygen atoms in total. The molecule has 0 aromatic heterocycles. The van der Waals surface area contributed by atoms with Crippen LogP contribution in [0.2, 0.25) is 0 Å². The van der Waals surface area contributed by atoms with E-state index >= 15 is 0 Å². The van der Waals surface area contributed by atoms with Gasteiger partial charge in [0.1, 0.15) is 18.1 Å². The number of nitrogens with two attached hydrogens (primary N) is 4. The molecule has 12 N–H and O–H groups in total. The monoisotopic (exact) mass is 500 g/mol. The summed E-state index contributed by atoms with van der Waals surface area (Å²) in [6, 6.07) is -4.61. The molecule has 5 unspecified atom stereocenters. The highest BCUT2D eigenvalue weighted by molar-refractivity contribution is 5.95. The van der Waals surface area contributed by atoms with Gasteiger partial charge in [0.2, 0.25) is 23.6 Å². The zero-order valence-electron chi connectivity index (χ0n) is 20.7. The number of hydrogen-bond donors (Lipinski definition) is 8. The van der Waals surface area contributed by atoms with Crippen LogP contribution in [0.4, 0.5) is 0 Å². The summed E-state index contributed by atoms with van der Waals surface area (Å²) in [5, 5.41) is 16.7. The lowest BCUT2D eigenvalue weighted by molar-refractivity contribution is -0.144. The first-order valence-corrected chi connectivity index (χ1v) is 11.4. The number of nitrogens with zero attached hydrogens (tertiary/aromatic N) is 1. The fourth-order valence-corrected chi connectivity index (χ4v) is 2.96. The molecule has 200 valence electrons. The Kier molecular flexibility index (Phi) is 14.0. The Hall–Kier alpha value is -3.42. The number of carboxylic acids is 1. The van der Waals surface area contributed by atoms with Crippen LogP contribution in [-0.4, -0.2) is 71.4 Å². The predicted octanol–water partition coefficient (Wildman–Crippen LogP) is -2.52. The summed E-state index contributed by atoms with van der Waals surface area (Å²) in [6.07, 6.45) is 0.219. The van der Waals surface area contributed by atoms with E-state index in [1.165, 1.54) is 0 Å². The number of amides is 4. The van der Waals surface area contributed by atoms with E-state index in [9.17, 15) is 29.1 Å². The van der Waals surface area contributed by atoms with Gasteiger partial charge in [0, 0.05) is 6.54 Å². The second kappa shape index (κ2) is 15.5. The average Bonchev–Trinajstić information content (AvgIpc) is 2.76. The van der Waals surface area contributed by atoms with E-state index in [0.717, 1.165) is 0 Å². The molecule has 0 spiro atoms. The van der Waals surface area contributed by atoms with Crippen molar-refractivity contribution < 1.29 is 29.1 Å². The van der Waals surface area contributed by atoms with Gasteiger partial charge in [-0.05, 0) is 24.7 Å². The molecule has 0 saturated heterocycles. The predicted molar refractivity (Wildman–Crippen MR) is 129 cm³/mol. The van der Waals surface area contributed by atoms with Crippen LogP contribution in [0.3, 0.4) is 0 Å². The number of carboxylic acid groups (broad SMARTS) is 1. The van der Waals surface area contributed by atoms with Crippen molar-refractivity contribution in [3.8, 4) is 0 Å². The van der Waals surface area contributed by atoms with E-state index in [1.807, 2.05) is 6.92 Å². The zero-order chi connectivity index (χ0) is 27.3. The van der Waals surface area contributed by atoms with Crippen molar-refractivity contribution >= 4 is 35.6 Å². The van der Waals surface area contributed by atoms with Gasteiger partial charge < -0.3 is 44.0 Å². The number of carbonyl (C=O) groups excluding carboxylic acids is 4. The third-order valence-electron chi connectivity index (χ3n) is 5.41. The Labute approximate surface area is 205 Å². The second-order valence-corrected chi connectivity index (χ2v) is 8.72. The molecule has 0 saturated carbocycles. The van der Waals surface area contributed by atoms with Crippen molar-refractivity contribution in [2.75, 3.05) is 6.54 Å². The number of aliphatic carboxylic acids is 1. The third kappa shape index (κ3) is 12.0. The highest BCUT2D eigenvalue weighted by atomic mass is 16.4. The molecule has 0 rings (SSSR count). The molecule has 35 heavy (non-hydrogen) atoms. The number of primary amides is 1. The molecular weight excluding hydrogens is 460 g/mol. The molecule has 5 atom stereocenters. The standard InChI is InChI=1S/C21H40N8O6/c1-5-11(4)16(29-18(32)15(23)10(2)3)19(33)27-12(7-6-8-26-21(24)25)17(31)28-13(20(34)35)9-14(22)30/h10-13,15-16H,5-9,23H2,1-4H3,(H2,22,30)(H,27,33)(H,28,31)(H,29,32)(H,34,35)(H4,24,25,26). The van der Waals surface area contributed by atoms with Gasteiger partial charge in [-0.3, -0.25) is 24.2 Å². The van der Waals surface area contributed by atoms with Crippen LogP contribution < -0.4 is 38.9 Å². The van der Waals surface area contributed by atoms with E-state index in [1.54, 1.807) is 20.8 Å². The molecule has 0 aliphatic heterocycles. The summed E-state index contributed by atoms with van der Waals surface area (Å²) < 4.78 is 0. The van der Waals surface area contributed by atoms with Crippen LogP contribution in [0.25, 0.3) is 0 Å². The molecule has 14 heteroatoms. The number of hydrogen-bond acceptors (Lipinski definition) is 7. The van der Waals surface area contributed by atoms with Crippen molar-refractivity contribution in [2.24, 2.45) is 39.8 Å². The number of carbonyl (C=O) groups is 5. The van der Waals surface area contributed by atoms with Gasteiger partial charge in [-0.25, -0.2) is 4.79 Å². The molecule has 0 aliphatic carbocycles. The van der Waals surface area contributed by atoms with Crippen LogP contribution in [-0.2, 0) is 24.0 Å². The molecule has 0 radical (unpaired) electrons. The highest BCUT2D eigenvalue weighted by Gasteiger charge is 2.33. The van der Waals surface area contributed by atoms with Crippen molar-refractivity contribution in [1.29, 1.82) is 0 Å². The van der Waals surface area contributed by atoms with E-state index in [0.29, 0.717) is 6.42 Å². The Bertz CT molecular complexity index is 784. The van der Waals surface area contributed by atoms with Crippen LogP contribution in [0.5, 0.6) is 0 Å². The van der Waals surface area contributed by atoms with Crippen LogP contribution >= 0.6 is 0 Å². The van der Waals surface area contributed by atoms with Crippen molar-refractivity contribution in [3.05, 3.63) is 0 Å². The Balaban J connectivity index is 5.71. The summed E-state index contributed by atoms with van der Waals surface area (Å²) in [6.45, 7) is 7.28. The Morgan fingerprint density at radius 2 is 1.46 bits per heavy atom. The quantitative estimate of drug-likeness (QED) is 0.0631. The SMILES string of the molecule is CCC(C)C(NC(=O)C(N)C(C)C)C(=O)NC(CCCN=C(N)N)C(=O)NC(CC(N)=O)C(=O)O. The number of guanidine groups is 1. The normalized spacial score (nSPS) is 15.1. The minimum atomic E-state index is -1.58. The van der Waals surface area contributed by atoms with Crippen molar-refractivity contribution in [2.45, 2.75) is 77.5 Å². The number of aliphatic imine (C=N–C) groups is 1. The number of nitrogens with one attached hydrogen (secondary N) is 3. The molecule has 0 fully saturated rings. The summed E-state index contributed by atoms with van der Waals surface area (Å²) in [7, 11) is 0. The fourth-order valence-electron chi connectivity index (χ4n) is 2.96. The molecule has 0 bridgehead atoms. The van der Waals surface area contributed by atoms with E-state index in [-0.39, 0.29) is 37.2 Å². The maximum absolute atomic E-state index is 13.1. The first-order chi connectivity index (χ1) is 16.2. The lowest BCUT2D eigenvalue weighted by atomic mass is 9.96. The first-order valence-electron chi connectivity index (χ1n) is 11.4. The summed E-state index contributed by atoms with van der Waals surface area (Å²) in [5.41, 5.74) is 21.5. The minimum absolute atomic E-state index is 0.0456. The molecule has 0 heterocycles. The lowest BCUT2D eigenvalue weighted by Gasteiger charge is -2.28. The smallest absolute Gasteiger partial charge is 0.326 e. The maximum atomic E-state index is 13.1. The Morgan fingerprint density at radius 1 is 0.886 bits per heavy atom. The van der Waals surface area contributed by atoms with Gasteiger partial charge in [-0.2, -0.15) is 0 Å². The summed E-state index contributed by atoms with van der Waals surface area (Å²) in [5.74, 6) is -5.00. The number of rotatable bonds is 16. The van der Waals surface area contributed by atoms with E-state index in [2.05, 4.69) is 20.9 Å². The average molecular weight is 501 g/mol. The largest absolute Gasteiger partial charge is 0.480 e. The van der Waals surface area contributed by atoms with Crippen molar-refractivity contribution in [1.82, 2.24) is 16.0 Å². The van der Waals surface area contributed by atoms with Gasteiger partial charge in [-0.15, -0.1) is 0 Å². The molecule has 0 aromatic carbocycles. The van der Waals surface area contributed by atoms with Gasteiger partial charge in [0.25, 0.3) is 0 Å². The highest BCUT2D eigenvalue weighted by Crippen LogP contribution is 2.11. The fraction of sp³-hybridized carbons (Fsp3) is 0.714. The van der Waals surface area contributed by atoms with Gasteiger partial charge in [0.05, 0.1) is 12.5 Å². The molecule has 0 aromatic rings. The molecule has 0 aliphatic rings. The Morgan fingerprint density at radius 3 is 1.91 bits per heavy atom. The molecule has 4 amide bonds. The maximum Gasteiger partial charge on any atom is 0.326 e.